The van der Waals surface area contributed by atoms with E-state index in [0.717, 1.165) is 4.90 Å². The summed E-state index contributed by atoms with van der Waals surface area (Å²) in [4.78, 5) is 23.1. The quantitative estimate of drug-likeness (QED) is 0.385. The van der Waals surface area contributed by atoms with E-state index in [1.165, 1.54) is 0 Å². The average Bonchev–Trinajstić information content (AvgIpc) is 2.69. The first-order valence-corrected chi connectivity index (χ1v) is 4.80. The Hall–Kier alpha value is -1.22. The van der Waals surface area contributed by atoms with Gasteiger partial charge in [0.15, 0.2) is 0 Å². The summed E-state index contributed by atoms with van der Waals surface area (Å²) in [6.07, 6.45) is -4.20. The van der Waals surface area contributed by atoms with Crippen molar-refractivity contribution in [1.29, 1.82) is 0 Å². The van der Waals surface area contributed by atoms with Crippen LogP contribution in [0, 0.1) is 0 Å². The molecule has 8 heteroatoms. The van der Waals surface area contributed by atoms with Crippen molar-refractivity contribution in [3.05, 3.63) is 0 Å². The third-order valence-electron chi connectivity index (χ3n) is 2.66. The van der Waals surface area contributed by atoms with Crippen LogP contribution in [0.3, 0.4) is 0 Å². The summed E-state index contributed by atoms with van der Waals surface area (Å²) in [7, 11) is 0. The molecule has 2 rings (SSSR count). The average molecular weight is 232 g/mol. The molecule has 0 unspecified atom stereocenters. The number of amides is 3. The number of nitrogens with zero attached hydrogens (tertiary/aromatic N) is 1. The minimum atomic E-state index is -1.61. The fraction of sp³-hybridized carbons (Fsp3) is 0.750. The Labute approximate surface area is 90.4 Å². The Morgan fingerprint density at radius 1 is 1.44 bits per heavy atom. The molecule has 2 saturated heterocycles. The van der Waals surface area contributed by atoms with E-state index in [4.69, 9.17) is 9.84 Å². The zero-order chi connectivity index (χ0) is 11.9. The van der Waals surface area contributed by atoms with E-state index in [1.807, 2.05) is 5.32 Å². The number of hydrogen-bond donors (Lipinski definition) is 4. The topological polar surface area (TPSA) is 119 Å². The summed E-state index contributed by atoms with van der Waals surface area (Å²) < 4.78 is 5.15. The third kappa shape index (κ3) is 1.65. The summed E-state index contributed by atoms with van der Waals surface area (Å²) in [5, 5.41) is 29.6. The van der Waals surface area contributed by atoms with Crippen molar-refractivity contribution in [3.63, 3.8) is 0 Å². The van der Waals surface area contributed by atoms with Crippen LogP contribution in [0.25, 0.3) is 0 Å². The van der Waals surface area contributed by atoms with Crippen molar-refractivity contribution in [2.24, 2.45) is 0 Å². The lowest BCUT2D eigenvalue weighted by Crippen LogP contribution is -2.43. The highest BCUT2D eigenvalue weighted by Gasteiger charge is 2.47. The molecule has 3 amide bonds. The highest BCUT2D eigenvalue weighted by Crippen LogP contribution is 2.25. The Balaban J connectivity index is 2.09. The predicted molar refractivity (Wildman–Crippen MR) is 47.8 cm³/mol. The molecule has 8 nitrogen and oxygen atoms in total. The van der Waals surface area contributed by atoms with Crippen LogP contribution >= 0.6 is 0 Å². The first-order chi connectivity index (χ1) is 7.54. The summed E-state index contributed by atoms with van der Waals surface area (Å²) in [5.74, 6) is -0.824. The normalized spacial score (nSPS) is 39.3. The highest BCUT2D eigenvalue weighted by molar-refractivity contribution is 6.03. The fourth-order valence-electron chi connectivity index (χ4n) is 1.81. The van der Waals surface area contributed by atoms with Crippen molar-refractivity contribution in [1.82, 2.24) is 10.2 Å². The molecule has 2 aliphatic heterocycles. The third-order valence-corrected chi connectivity index (χ3v) is 2.66. The van der Waals surface area contributed by atoms with Crippen LogP contribution in [0.5, 0.6) is 0 Å². The van der Waals surface area contributed by atoms with Gasteiger partial charge in [-0.15, -0.1) is 0 Å². The Bertz CT molecular complexity index is 322. The first kappa shape index (κ1) is 11.3. The molecule has 2 heterocycles. The van der Waals surface area contributed by atoms with Crippen LogP contribution in [0.4, 0.5) is 4.79 Å². The van der Waals surface area contributed by atoms with Crippen LogP contribution in [-0.2, 0) is 9.53 Å². The van der Waals surface area contributed by atoms with Gasteiger partial charge in [-0.25, -0.2) is 4.79 Å². The van der Waals surface area contributed by atoms with Gasteiger partial charge in [0, 0.05) is 6.42 Å². The lowest BCUT2D eigenvalue weighted by molar-refractivity contribution is -0.140. The second kappa shape index (κ2) is 3.98. The zero-order valence-electron chi connectivity index (χ0n) is 8.24. The van der Waals surface area contributed by atoms with Gasteiger partial charge in [0.25, 0.3) is 5.91 Å². The van der Waals surface area contributed by atoms with Gasteiger partial charge < -0.3 is 20.1 Å². The lowest BCUT2D eigenvalue weighted by Gasteiger charge is -2.24. The van der Waals surface area contributed by atoms with Crippen molar-refractivity contribution < 1.29 is 29.6 Å². The van der Waals surface area contributed by atoms with E-state index in [1.54, 1.807) is 0 Å². The van der Waals surface area contributed by atoms with E-state index < -0.39 is 43.2 Å². The second-order valence-corrected chi connectivity index (χ2v) is 3.69. The number of aliphatic hydroxyl groups is 3. The van der Waals surface area contributed by atoms with Crippen LogP contribution in [0.15, 0.2) is 0 Å². The van der Waals surface area contributed by atoms with E-state index in [0.29, 0.717) is 0 Å². The number of aliphatic hydroxyl groups excluding tert-OH is 3. The van der Waals surface area contributed by atoms with Gasteiger partial charge in [0.2, 0.25) is 6.23 Å². The second-order valence-electron chi connectivity index (χ2n) is 3.69. The molecule has 0 saturated carbocycles. The Morgan fingerprint density at radius 2 is 2.12 bits per heavy atom. The van der Waals surface area contributed by atoms with Crippen molar-refractivity contribution >= 4 is 11.9 Å². The van der Waals surface area contributed by atoms with Crippen LogP contribution in [0.1, 0.15) is 6.42 Å². The first-order valence-electron chi connectivity index (χ1n) is 4.80. The van der Waals surface area contributed by atoms with Crippen molar-refractivity contribution in [2.75, 3.05) is 6.61 Å². The minimum Gasteiger partial charge on any atom is -0.394 e. The summed E-state index contributed by atoms with van der Waals surface area (Å²) >= 11 is 0. The standard InChI is InChI=1S/C8H12N2O6/c11-2-4-3(12)1-5(16-4)10-7(14)6(13)9-8(10)15/h3-5,7,11-12,14H,1-2H2,(H,9,13,15)/t3-,4+,5+,7-/m0/s1. The number of urea groups is 1. The van der Waals surface area contributed by atoms with E-state index in [9.17, 15) is 19.8 Å². The Kier molecular flexibility index (Phi) is 2.80. The van der Waals surface area contributed by atoms with Gasteiger partial charge in [-0.1, -0.05) is 0 Å². The molecule has 4 atom stereocenters. The predicted octanol–water partition coefficient (Wildman–Crippen LogP) is -2.68. The fourth-order valence-corrected chi connectivity index (χ4v) is 1.81. The zero-order valence-corrected chi connectivity index (χ0v) is 8.24. The molecule has 0 aromatic heterocycles. The summed E-state index contributed by atoms with van der Waals surface area (Å²) in [6, 6.07) is -0.770. The van der Waals surface area contributed by atoms with Crippen molar-refractivity contribution in [3.8, 4) is 0 Å². The maximum absolute atomic E-state index is 11.3. The molecule has 0 aromatic rings. The number of rotatable bonds is 2. The molecule has 0 spiro atoms. The molecule has 0 radical (unpaired) electrons. The number of nitrogens with one attached hydrogen (secondary N) is 1. The summed E-state index contributed by atoms with van der Waals surface area (Å²) in [5.41, 5.74) is 0. The molecule has 0 aromatic carbocycles. The molecule has 16 heavy (non-hydrogen) atoms. The number of ether oxygens (including phenoxy) is 1. The van der Waals surface area contributed by atoms with Crippen LogP contribution < -0.4 is 5.32 Å². The maximum atomic E-state index is 11.3. The molecule has 2 aliphatic rings. The molecule has 0 aliphatic carbocycles. The lowest BCUT2D eigenvalue weighted by atomic mass is 10.2. The van der Waals surface area contributed by atoms with Crippen molar-refractivity contribution in [2.45, 2.75) is 31.1 Å². The van der Waals surface area contributed by atoms with E-state index in [2.05, 4.69) is 0 Å². The van der Waals surface area contributed by atoms with E-state index in [-0.39, 0.29) is 6.42 Å². The maximum Gasteiger partial charge on any atom is 0.328 e. The molecule has 0 bridgehead atoms. The van der Waals surface area contributed by atoms with Gasteiger partial charge in [-0.05, 0) is 0 Å². The van der Waals surface area contributed by atoms with Crippen LogP contribution in [0.2, 0.25) is 0 Å². The van der Waals surface area contributed by atoms with Gasteiger partial charge in [0.1, 0.15) is 12.3 Å². The molecular weight excluding hydrogens is 220 g/mol. The van der Waals surface area contributed by atoms with Crippen LogP contribution in [-0.4, -0.2) is 63.4 Å². The molecule has 2 fully saturated rings. The SMILES string of the molecule is O=C1NC(=O)N([C@H]2C[C@H](O)[C@@H](CO)O2)[C@H]1O. The number of hydrogen-bond acceptors (Lipinski definition) is 6. The number of carbonyl (C=O) groups is 2. The molecule has 4 N–H and O–H groups in total. The largest absolute Gasteiger partial charge is 0.394 e. The highest BCUT2D eigenvalue weighted by atomic mass is 16.5. The molecular formula is C8H12N2O6. The van der Waals surface area contributed by atoms with Gasteiger partial charge in [-0.3, -0.25) is 15.0 Å². The monoisotopic (exact) mass is 232 g/mol. The van der Waals surface area contributed by atoms with Gasteiger partial charge in [-0.2, -0.15) is 0 Å². The van der Waals surface area contributed by atoms with E-state index >= 15 is 0 Å². The Morgan fingerprint density at radius 3 is 2.56 bits per heavy atom. The number of imide groups is 1. The minimum absolute atomic E-state index is 0.0446. The summed E-state index contributed by atoms with van der Waals surface area (Å²) in [6.45, 7) is -0.392. The molecule has 90 valence electrons. The van der Waals surface area contributed by atoms with Gasteiger partial charge >= 0.3 is 6.03 Å². The number of carbonyl (C=O) groups excluding carboxylic acids is 2. The smallest absolute Gasteiger partial charge is 0.328 e. The van der Waals surface area contributed by atoms with Gasteiger partial charge in [0.05, 0.1) is 12.7 Å².